The highest BCUT2D eigenvalue weighted by atomic mass is 35.5. The van der Waals surface area contributed by atoms with Crippen LogP contribution in [-0.4, -0.2) is 31.9 Å². The summed E-state index contributed by atoms with van der Waals surface area (Å²) in [4.78, 5) is 31.7. The molecule has 7 heteroatoms. The zero-order valence-corrected chi connectivity index (χ0v) is 15.9. The second kappa shape index (κ2) is 7.19. The van der Waals surface area contributed by atoms with Gasteiger partial charge < -0.3 is 4.90 Å². The average molecular weight is 385 g/mol. The summed E-state index contributed by atoms with van der Waals surface area (Å²) in [6.45, 7) is 3.04. The number of aromatic amines is 1. The van der Waals surface area contributed by atoms with E-state index >= 15 is 0 Å². The van der Waals surface area contributed by atoms with E-state index in [1.807, 2.05) is 35.2 Å². The third-order valence-electron chi connectivity index (χ3n) is 5.03. The summed E-state index contributed by atoms with van der Waals surface area (Å²) >= 11 is 6.28. The van der Waals surface area contributed by atoms with Crippen LogP contribution in [0.5, 0.6) is 0 Å². The molecule has 0 saturated heterocycles. The summed E-state index contributed by atoms with van der Waals surface area (Å²) in [6.07, 6.45) is 2.96. The lowest BCUT2D eigenvalue weighted by Crippen LogP contribution is -2.39. The van der Waals surface area contributed by atoms with E-state index in [0.717, 1.165) is 24.1 Å². The number of nitrogens with one attached hydrogen (secondary N) is 1. The van der Waals surface area contributed by atoms with Gasteiger partial charge in [-0.2, -0.15) is 0 Å². The zero-order valence-electron chi connectivity index (χ0n) is 15.2. The second-order valence-corrected chi connectivity index (χ2v) is 7.26. The zero-order chi connectivity index (χ0) is 19.0. The van der Waals surface area contributed by atoms with Gasteiger partial charge in [-0.05, 0) is 18.9 Å². The molecule has 1 aliphatic heterocycles. The molecule has 2 aromatic heterocycles. The largest absolute Gasteiger partial charge is 0.336 e. The molecule has 0 spiro atoms. The van der Waals surface area contributed by atoms with Gasteiger partial charge in [0.15, 0.2) is 5.65 Å². The Kier molecular flexibility index (Phi) is 4.74. The van der Waals surface area contributed by atoms with Crippen molar-refractivity contribution in [2.24, 2.45) is 0 Å². The number of aromatic nitrogens is 3. The summed E-state index contributed by atoms with van der Waals surface area (Å²) in [5, 5.41) is 3.72. The molecule has 1 aliphatic rings. The van der Waals surface area contributed by atoms with Crippen LogP contribution in [0.2, 0.25) is 5.02 Å². The van der Waals surface area contributed by atoms with E-state index in [9.17, 15) is 9.59 Å². The van der Waals surface area contributed by atoms with Crippen molar-refractivity contribution in [3.05, 3.63) is 57.0 Å². The Morgan fingerprint density at radius 2 is 2.15 bits per heavy atom. The Morgan fingerprint density at radius 1 is 1.33 bits per heavy atom. The third kappa shape index (κ3) is 3.25. The van der Waals surface area contributed by atoms with Crippen molar-refractivity contribution in [2.45, 2.75) is 39.2 Å². The molecule has 6 nitrogen and oxygen atoms in total. The van der Waals surface area contributed by atoms with Gasteiger partial charge in [0.05, 0.1) is 17.9 Å². The van der Waals surface area contributed by atoms with E-state index in [1.54, 1.807) is 0 Å². The Hall–Kier alpha value is -2.60. The number of halogens is 1. The minimum absolute atomic E-state index is 0.103. The number of hydrogen-bond acceptors (Lipinski definition) is 3. The first-order valence-electron chi connectivity index (χ1n) is 9.24. The fraction of sp³-hybridized carbons (Fsp3) is 0.350. The van der Waals surface area contributed by atoms with Crippen molar-refractivity contribution >= 4 is 23.2 Å². The smallest absolute Gasteiger partial charge is 0.276 e. The van der Waals surface area contributed by atoms with Crippen molar-refractivity contribution in [3.8, 4) is 11.3 Å². The Balaban J connectivity index is 1.71. The fourth-order valence-corrected chi connectivity index (χ4v) is 3.75. The SMILES string of the molecule is CCCCC(=O)N1CCc2c(nc3cc(-c4ccccc4Cl)[nH]n3c2=O)C1. The monoisotopic (exact) mass is 384 g/mol. The topological polar surface area (TPSA) is 70.5 Å². The van der Waals surface area contributed by atoms with Crippen LogP contribution in [-0.2, 0) is 17.8 Å². The normalized spacial score (nSPS) is 13.8. The summed E-state index contributed by atoms with van der Waals surface area (Å²) in [5.74, 6) is 0.135. The maximum atomic E-state index is 12.9. The van der Waals surface area contributed by atoms with E-state index in [4.69, 9.17) is 11.6 Å². The standard InChI is InChI=1S/C20H21ClN4O2/c1-2-3-8-19(26)24-10-9-14-17(12-24)22-18-11-16(23-25(18)20(14)27)13-6-4-5-7-15(13)21/h4-7,11,23H,2-3,8-10,12H2,1H3. The van der Waals surface area contributed by atoms with E-state index in [1.165, 1.54) is 4.52 Å². The van der Waals surface area contributed by atoms with E-state index in [-0.39, 0.29) is 11.5 Å². The summed E-state index contributed by atoms with van der Waals surface area (Å²) in [5.41, 5.74) is 3.37. The van der Waals surface area contributed by atoms with Crippen molar-refractivity contribution in [1.29, 1.82) is 0 Å². The molecule has 1 amide bonds. The van der Waals surface area contributed by atoms with Crippen molar-refractivity contribution in [1.82, 2.24) is 19.5 Å². The number of rotatable bonds is 4. The first-order chi connectivity index (χ1) is 13.1. The van der Waals surface area contributed by atoms with Crippen LogP contribution in [0.4, 0.5) is 0 Å². The minimum Gasteiger partial charge on any atom is -0.336 e. The van der Waals surface area contributed by atoms with Gasteiger partial charge in [0.25, 0.3) is 5.56 Å². The number of nitrogens with zero attached hydrogens (tertiary/aromatic N) is 3. The summed E-state index contributed by atoms with van der Waals surface area (Å²) in [7, 11) is 0. The number of hydrogen-bond donors (Lipinski definition) is 1. The highest BCUT2D eigenvalue weighted by Gasteiger charge is 2.25. The lowest BCUT2D eigenvalue weighted by molar-refractivity contribution is -0.132. The van der Waals surface area contributed by atoms with Crippen molar-refractivity contribution < 1.29 is 4.79 Å². The molecule has 0 unspecified atom stereocenters. The lowest BCUT2D eigenvalue weighted by Gasteiger charge is -2.27. The Labute approximate surface area is 161 Å². The molecule has 3 heterocycles. The molecule has 4 rings (SSSR count). The first-order valence-corrected chi connectivity index (χ1v) is 9.62. The van der Waals surface area contributed by atoms with E-state index in [0.29, 0.717) is 47.9 Å². The Bertz CT molecular complexity index is 1070. The number of benzene rings is 1. The number of unbranched alkanes of at least 4 members (excludes halogenated alkanes) is 1. The van der Waals surface area contributed by atoms with Crippen molar-refractivity contribution in [2.75, 3.05) is 6.54 Å². The number of H-pyrrole nitrogens is 1. The van der Waals surface area contributed by atoms with Crippen LogP contribution in [0.3, 0.4) is 0 Å². The van der Waals surface area contributed by atoms with Gasteiger partial charge in [-0.3, -0.25) is 14.7 Å². The van der Waals surface area contributed by atoms with Gasteiger partial charge in [-0.25, -0.2) is 9.50 Å². The fourth-order valence-electron chi connectivity index (χ4n) is 3.51. The summed E-state index contributed by atoms with van der Waals surface area (Å²) < 4.78 is 1.46. The number of fused-ring (bicyclic) bond motifs is 2. The van der Waals surface area contributed by atoms with Gasteiger partial charge in [0.1, 0.15) is 0 Å². The van der Waals surface area contributed by atoms with Gasteiger partial charge in [0.2, 0.25) is 5.91 Å². The van der Waals surface area contributed by atoms with E-state index in [2.05, 4.69) is 17.0 Å². The molecule has 0 fully saturated rings. The molecule has 3 aromatic rings. The molecular formula is C20H21ClN4O2. The predicted octanol–water partition coefficient (Wildman–Crippen LogP) is 3.42. The molecule has 0 bridgehead atoms. The van der Waals surface area contributed by atoms with Gasteiger partial charge in [-0.1, -0.05) is 43.1 Å². The summed E-state index contributed by atoms with van der Waals surface area (Å²) in [6, 6.07) is 9.28. The average Bonchev–Trinajstić information content (AvgIpc) is 3.10. The van der Waals surface area contributed by atoms with Crippen LogP contribution in [0.15, 0.2) is 35.1 Å². The molecule has 27 heavy (non-hydrogen) atoms. The first kappa shape index (κ1) is 17.8. The maximum Gasteiger partial charge on any atom is 0.276 e. The molecule has 0 radical (unpaired) electrons. The van der Waals surface area contributed by atoms with Crippen molar-refractivity contribution in [3.63, 3.8) is 0 Å². The van der Waals surface area contributed by atoms with E-state index < -0.39 is 0 Å². The number of carbonyl (C=O) groups excluding carboxylic acids is 1. The van der Waals surface area contributed by atoms with Gasteiger partial charge in [-0.15, -0.1) is 0 Å². The van der Waals surface area contributed by atoms with Crippen LogP contribution in [0.1, 0.15) is 37.4 Å². The maximum absolute atomic E-state index is 12.9. The second-order valence-electron chi connectivity index (χ2n) is 6.85. The predicted molar refractivity (Wildman–Crippen MR) is 105 cm³/mol. The molecule has 0 atom stereocenters. The molecule has 1 N–H and O–H groups in total. The minimum atomic E-state index is -0.103. The van der Waals surface area contributed by atoms with Gasteiger partial charge in [0, 0.05) is 35.2 Å². The highest BCUT2D eigenvalue weighted by molar-refractivity contribution is 6.33. The highest BCUT2D eigenvalue weighted by Crippen LogP contribution is 2.27. The molecule has 0 saturated carbocycles. The molecule has 140 valence electrons. The third-order valence-corrected chi connectivity index (χ3v) is 5.36. The molecular weight excluding hydrogens is 364 g/mol. The number of amides is 1. The van der Waals surface area contributed by atoms with Crippen LogP contribution >= 0.6 is 11.6 Å². The van der Waals surface area contributed by atoms with Crippen LogP contribution < -0.4 is 5.56 Å². The Morgan fingerprint density at radius 3 is 2.93 bits per heavy atom. The number of carbonyl (C=O) groups is 1. The molecule has 0 aliphatic carbocycles. The van der Waals surface area contributed by atoms with Crippen LogP contribution in [0.25, 0.3) is 16.9 Å². The van der Waals surface area contributed by atoms with Crippen LogP contribution in [0, 0.1) is 0 Å². The molecule has 1 aromatic carbocycles. The van der Waals surface area contributed by atoms with Gasteiger partial charge >= 0.3 is 0 Å². The lowest BCUT2D eigenvalue weighted by atomic mass is 10.1. The quantitative estimate of drug-likeness (QED) is 0.749.